The number of aliphatic hydroxyl groups excluding tert-OH is 1. The van der Waals surface area contributed by atoms with Gasteiger partial charge in [-0.25, -0.2) is 13.8 Å². The zero-order valence-corrected chi connectivity index (χ0v) is 24.9. The average molecular weight is 604 g/mol. The summed E-state index contributed by atoms with van der Waals surface area (Å²) in [6.45, 7) is 10.3. The minimum Gasteiger partial charge on any atom is -0.450 e. The fourth-order valence-electron chi connectivity index (χ4n) is 3.72. The molecule has 0 amide bonds. The maximum absolute atomic E-state index is 15.0. The third kappa shape index (κ3) is 8.45. The van der Waals surface area contributed by atoms with Crippen molar-refractivity contribution < 1.29 is 36.5 Å². The van der Waals surface area contributed by atoms with Crippen molar-refractivity contribution >= 4 is 42.0 Å². The van der Waals surface area contributed by atoms with Crippen molar-refractivity contribution in [2.45, 2.75) is 65.3 Å². The summed E-state index contributed by atoms with van der Waals surface area (Å²) in [5, 5.41) is 11.7. The van der Waals surface area contributed by atoms with E-state index in [1.165, 1.54) is 10.8 Å². The topological polar surface area (TPSA) is 68.5 Å². The van der Waals surface area contributed by atoms with Gasteiger partial charge in [0.25, 0.3) is 0 Å². The number of pyridine rings is 1. The lowest BCUT2D eigenvalue weighted by Gasteiger charge is -2.21. The molecule has 0 atom stereocenters. The SMILES string of the molecule is CC(C)(CO)CCC(=S)Nc1cc(F)c(Oc2ccnc3c2c(C(F)(F)F)cn3COCC[Si](C)(C)C)c(F)c1. The van der Waals surface area contributed by atoms with Crippen molar-refractivity contribution in [2.75, 3.05) is 18.5 Å². The lowest BCUT2D eigenvalue weighted by molar-refractivity contribution is -0.136. The number of aromatic nitrogens is 2. The molecule has 0 aliphatic carbocycles. The molecule has 0 bridgehead atoms. The van der Waals surface area contributed by atoms with E-state index >= 15 is 0 Å². The summed E-state index contributed by atoms with van der Waals surface area (Å²) in [5.74, 6) is -3.53. The second-order valence-corrected chi connectivity index (χ2v) is 17.7. The van der Waals surface area contributed by atoms with E-state index in [-0.39, 0.29) is 30.1 Å². The molecule has 40 heavy (non-hydrogen) atoms. The molecule has 0 unspecified atom stereocenters. The standard InChI is InChI=1S/C27H34F5N3O3SSi/c1-26(2,15-36)8-6-22(39)34-17-12-19(28)24(20(29)13-17)38-21-7-9-33-25-23(21)18(27(30,31)32)14-35(25)16-37-10-11-40(3,4)5/h7,9,12-14,36H,6,8,10-11,15-16H2,1-5H3,(H,34,39). The van der Waals surface area contributed by atoms with Crippen molar-refractivity contribution in [2.24, 2.45) is 5.41 Å². The first-order valence-corrected chi connectivity index (χ1v) is 16.8. The van der Waals surface area contributed by atoms with Crippen LogP contribution in [-0.2, 0) is 17.6 Å². The fraction of sp³-hybridized carbons (Fsp3) is 0.481. The molecule has 220 valence electrons. The average Bonchev–Trinajstić information content (AvgIpc) is 3.22. The molecule has 0 fully saturated rings. The maximum atomic E-state index is 15.0. The van der Waals surface area contributed by atoms with E-state index in [4.69, 9.17) is 21.7 Å². The first-order valence-electron chi connectivity index (χ1n) is 12.7. The van der Waals surface area contributed by atoms with Gasteiger partial charge in [0, 0.05) is 51.5 Å². The molecule has 2 aromatic heterocycles. The van der Waals surface area contributed by atoms with Crippen LogP contribution in [-0.4, -0.2) is 40.9 Å². The highest BCUT2D eigenvalue weighted by Crippen LogP contribution is 2.42. The molecular formula is C27H34F5N3O3SSi. The summed E-state index contributed by atoms with van der Waals surface area (Å²) in [7, 11) is -1.41. The Morgan fingerprint density at radius 1 is 1.15 bits per heavy atom. The van der Waals surface area contributed by atoms with Crippen molar-refractivity contribution in [3.05, 3.63) is 47.8 Å². The molecule has 0 radical (unpaired) electrons. The second-order valence-electron chi connectivity index (χ2n) is 11.6. The van der Waals surface area contributed by atoms with Crippen molar-refractivity contribution in [1.29, 1.82) is 0 Å². The summed E-state index contributed by atoms with van der Waals surface area (Å²) in [5.41, 5.74) is -1.50. The Bertz CT molecular complexity index is 1330. The first-order chi connectivity index (χ1) is 18.5. The van der Waals surface area contributed by atoms with Gasteiger partial charge in [-0.1, -0.05) is 45.7 Å². The molecule has 0 aliphatic rings. The number of nitrogens with one attached hydrogen (secondary N) is 1. The Morgan fingerprint density at radius 3 is 2.38 bits per heavy atom. The summed E-state index contributed by atoms with van der Waals surface area (Å²) in [4.78, 5) is 4.37. The van der Waals surface area contributed by atoms with Crippen molar-refractivity contribution in [1.82, 2.24) is 9.55 Å². The number of hydrogen-bond acceptors (Lipinski definition) is 5. The third-order valence-electron chi connectivity index (χ3n) is 6.20. The van der Waals surface area contributed by atoms with Gasteiger partial charge in [-0.05, 0) is 30.4 Å². The molecule has 2 N–H and O–H groups in total. The normalized spacial score (nSPS) is 12.7. The summed E-state index contributed by atoms with van der Waals surface area (Å²) in [6, 6.07) is 3.84. The van der Waals surface area contributed by atoms with Crippen LogP contribution < -0.4 is 10.1 Å². The molecule has 6 nitrogen and oxygen atoms in total. The molecule has 3 aromatic rings. The van der Waals surface area contributed by atoms with Crippen LogP contribution in [0, 0.1) is 17.0 Å². The number of rotatable bonds is 12. The predicted octanol–water partition coefficient (Wildman–Crippen LogP) is 7.98. The van der Waals surface area contributed by atoms with Gasteiger partial charge in [-0.3, -0.25) is 0 Å². The van der Waals surface area contributed by atoms with E-state index in [1.807, 2.05) is 13.8 Å². The van der Waals surface area contributed by atoms with Crippen LogP contribution >= 0.6 is 12.2 Å². The zero-order chi connectivity index (χ0) is 29.9. The van der Waals surface area contributed by atoms with Crippen LogP contribution in [0.3, 0.4) is 0 Å². The molecule has 0 saturated heterocycles. The van der Waals surface area contributed by atoms with Crippen LogP contribution in [0.15, 0.2) is 30.6 Å². The van der Waals surface area contributed by atoms with Crippen molar-refractivity contribution in [3.63, 3.8) is 0 Å². The summed E-state index contributed by atoms with van der Waals surface area (Å²) in [6.07, 6.45) is -1.80. The Labute approximate surface area is 236 Å². The smallest absolute Gasteiger partial charge is 0.418 e. The van der Waals surface area contributed by atoms with Crippen LogP contribution in [0.5, 0.6) is 11.5 Å². The van der Waals surface area contributed by atoms with Gasteiger partial charge in [0.1, 0.15) is 18.1 Å². The largest absolute Gasteiger partial charge is 0.450 e. The third-order valence-corrected chi connectivity index (χ3v) is 8.21. The Kier molecular flexibility index (Phi) is 9.97. The Morgan fingerprint density at radius 2 is 1.80 bits per heavy atom. The monoisotopic (exact) mass is 603 g/mol. The molecular weight excluding hydrogens is 569 g/mol. The van der Waals surface area contributed by atoms with E-state index in [9.17, 15) is 27.1 Å². The molecule has 3 rings (SSSR count). The van der Waals surface area contributed by atoms with Crippen LogP contribution in [0.2, 0.25) is 25.7 Å². The number of benzene rings is 1. The number of halogens is 5. The Hall–Kier alpha value is -2.61. The number of fused-ring (bicyclic) bond motifs is 1. The van der Waals surface area contributed by atoms with Crippen LogP contribution in [0.4, 0.5) is 27.6 Å². The van der Waals surface area contributed by atoms with Crippen LogP contribution in [0.1, 0.15) is 32.3 Å². The maximum Gasteiger partial charge on any atom is 0.418 e. The fourth-order valence-corrected chi connectivity index (χ4v) is 4.70. The van der Waals surface area contributed by atoms with E-state index in [0.717, 1.165) is 30.4 Å². The van der Waals surface area contributed by atoms with E-state index in [1.54, 1.807) is 0 Å². The number of alkyl halides is 3. The highest BCUT2D eigenvalue weighted by molar-refractivity contribution is 7.80. The minimum atomic E-state index is -4.78. The van der Waals surface area contributed by atoms with Gasteiger partial charge in [0.15, 0.2) is 17.4 Å². The minimum absolute atomic E-state index is 0.0200. The molecule has 0 saturated carbocycles. The van der Waals surface area contributed by atoms with E-state index in [2.05, 4.69) is 29.9 Å². The van der Waals surface area contributed by atoms with E-state index < -0.39 is 48.3 Å². The van der Waals surface area contributed by atoms with Crippen LogP contribution in [0.25, 0.3) is 11.0 Å². The molecule has 1 aromatic carbocycles. The van der Waals surface area contributed by atoms with Gasteiger partial charge in [0.05, 0.1) is 15.9 Å². The van der Waals surface area contributed by atoms with Gasteiger partial charge in [0.2, 0.25) is 0 Å². The quantitative estimate of drug-likeness (QED) is 0.0947. The molecule has 2 heterocycles. The lowest BCUT2D eigenvalue weighted by atomic mass is 9.89. The molecule has 0 aliphatic heterocycles. The lowest BCUT2D eigenvalue weighted by Crippen LogP contribution is -2.22. The van der Waals surface area contributed by atoms with E-state index in [0.29, 0.717) is 24.4 Å². The first kappa shape index (κ1) is 31.9. The number of thiocarbonyl (C=S) groups is 1. The number of anilines is 1. The summed E-state index contributed by atoms with van der Waals surface area (Å²) >= 11 is 5.24. The second kappa shape index (κ2) is 12.5. The van der Waals surface area contributed by atoms with Gasteiger partial charge in [-0.15, -0.1) is 0 Å². The number of ether oxygens (including phenoxy) is 2. The summed E-state index contributed by atoms with van der Waals surface area (Å²) < 4.78 is 84.1. The number of nitrogens with zero attached hydrogens (tertiary/aromatic N) is 2. The van der Waals surface area contributed by atoms with Crippen molar-refractivity contribution in [3.8, 4) is 11.5 Å². The molecule has 13 heteroatoms. The molecule has 0 spiro atoms. The predicted molar refractivity (Wildman–Crippen MR) is 152 cm³/mol. The van der Waals surface area contributed by atoms with Gasteiger partial charge < -0.3 is 24.5 Å². The number of aliphatic hydroxyl groups is 1. The van der Waals surface area contributed by atoms with Gasteiger partial charge in [-0.2, -0.15) is 13.2 Å². The number of hydrogen-bond donors (Lipinski definition) is 2. The highest BCUT2D eigenvalue weighted by atomic mass is 32.1. The Balaban J connectivity index is 1.87. The zero-order valence-electron chi connectivity index (χ0n) is 23.1. The van der Waals surface area contributed by atoms with Gasteiger partial charge >= 0.3 is 6.18 Å². The highest BCUT2D eigenvalue weighted by Gasteiger charge is 2.37.